The van der Waals surface area contributed by atoms with Gasteiger partial charge in [0.2, 0.25) is 0 Å². The third kappa shape index (κ3) is 1.95. The first-order valence-corrected chi connectivity index (χ1v) is 6.91. The lowest BCUT2D eigenvalue weighted by molar-refractivity contribution is 0.160. The van der Waals surface area contributed by atoms with Gasteiger partial charge >= 0.3 is 0 Å². The summed E-state index contributed by atoms with van der Waals surface area (Å²) in [5.41, 5.74) is 2.83. The lowest BCUT2D eigenvalue weighted by atomic mass is 10.0. The Kier molecular flexibility index (Phi) is 2.92. The van der Waals surface area contributed by atoms with E-state index in [1.165, 1.54) is 23.5 Å². The molecule has 1 atom stereocenters. The molecule has 1 N–H and O–H groups in total. The summed E-state index contributed by atoms with van der Waals surface area (Å²) in [6.07, 6.45) is 2.29. The summed E-state index contributed by atoms with van der Waals surface area (Å²) in [6.45, 7) is 1.95. The van der Waals surface area contributed by atoms with E-state index in [1.54, 1.807) is 6.07 Å². The second-order valence-electron chi connectivity index (χ2n) is 4.70. The molecule has 0 aliphatic heterocycles. The molecule has 1 aliphatic carbocycles. The van der Waals surface area contributed by atoms with Gasteiger partial charge in [-0.25, -0.2) is 9.37 Å². The van der Waals surface area contributed by atoms with Gasteiger partial charge in [-0.3, -0.25) is 0 Å². The minimum absolute atomic E-state index is 0.246. The minimum Gasteiger partial charge on any atom is -0.388 e. The molecule has 0 radical (unpaired) electrons. The number of benzene rings is 1. The zero-order valence-electron chi connectivity index (χ0n) is 10.1. The van der Waals surface area contributed by atoms with Gasteiger partial charge in [-0.2, -0.15) is 0 Å². The third-order valence-corrected chi connectivity index (χ3v) is 4.58. The fourth-order valence-electron chi connectivity index (χ4n) is 2.34. The van der Waals surface area contributed by atoms with E-state index in [2.05, 4.69) is 4.98 Å². The van der Waals surface area contributed by atoms with Gasteiger partial charge in [0.15, 0.2) is 0 Å². The monoisotopic (exact) mass is 263 g/mol. The van der Waals surface area contributed by atoms with Crippen molar-refractivity contribution in [2.24, 2.45) is 0 Å². The minimum atomic E-state index is -0.395. The summed E-state index contributed by atoms with van der Waals surface area (Å²) >= 11 is 1.49. The summed E-state index contributed by atoms with van der Waals surface area (Å²) in [5, 5.41) is 10.8. The molecule has 1 aliphatic rings. The van der Waals surface area contributed by atoms with Crippen molar-refractivity contribution in [3.63, 3.8) is 0 Å². The number of halogens is 1. The summed E-state index contributed by atoms with van der Waals surface area (Å²) < 4.78 is 13.3. The van der Waals surface area contributed by atoms with E-state index in [0.717, 1.165) is 46.0 Å². The lowest BCUT2D eigenvalue weighted by Gasteiger charge is -2.14. The van der Waals surface area contributed by atoms with Crippen molar-refractivity contribution in [2.45, 2.75) is 32.3 Å². The molecule has 0 amide bonds. The standard InChI is InChI=1S/C14H14FNOS/c1-8-5-6-9(15)7-10(8)14-16-11-3-2-4-12(17)13(11)18-14/h5-7,12,17H,2-4H2,1H3. The summed E-state index contributed by atoms with van der Waals surface area (Å²) in [4.78, 5) is 5.52. The molecule has 1 aromatic carbocycles. The second kappa shape index (κ2) is 4.44. The highest BCUT2D eigenvalue weighted by atomic mass is 32.1. The molecule has 18 heavy (non-hydrogen) atoms. The maximum absolute atomic E-state index is 13.3. The number of aliphatic hydroxyl groups excluding tert-OH is 1. The zero-order valence-corrected chi connectivity index (χ0v) is 10.9. The van der Waals surface area contributed by atoms with Crippen LogP contribution in [0.4, 0.5) is 4.39 Å². The van der Waals surface area contributed by atoms with Crippen LogP contribution in [0.5, 0.6) is 0 Å². The first-order chi connectivity index (χ1) is 8.65. The second-order valence-corrected chi connectivity index (χ2v) is 5.73. The molecule has 2 nitrogen and oxygen atoms in total. The van der Waals surface area contributed by atoms with Crippen molar-refractivity contribution in [3.8, 4) is 10.6 Å². The largest absolute Gasteiger partial charge is 0.388 e. The van der Waals surface area contributed by atoms with Crippen LogP contribution in [0.15, 0.2) is 18.2 Å². The Morgan fingerprint density at radius 3 is 3.06 bits per heavy atom. The molecule has 1 aromatic heterocycles. The fraction of sp³-hybridized carbons (Fsp3) is 0.357. The molecule has 2 aromatic rings. The van der Waals surface area contributed by atoms with Crippen molar-refractivity contribution in [2.75, 3.05) is 0 Å². The maximum atomic E-state index is 13.3. The number of aromatic nitrogens is 1. The molecule has 0 spiro atoms. The van der Waals surface area contributed by atoms with Crippen LogP contribution in [-0.4, -0.2) is 10.1 Å². The van der Waals surface area contributed by atoms with Crippen molar-refractivity contribution in [1.82, 2.24) is 4.98 Å². The van der Waals surface area contributed by atoms with Gasteiger partial charge < -0.3 is 5.11 Å². The number of thiazole rings is 1. The van der Waals surface area contributed by atoms with Crippen molar-refractivity contribution < 1.29 is 9.50 Å². The Morgan fingerprint density at radius 2 is 2.28 bits per heavy atom. The summed E-state index contributed by atoms with van der Waals surface area (Å²) in [5.74, 6) is -0.246. The van der Waals surface area contributed by atoms with Crippen LogP contribution in [0.25, 0.3) is 10.6 Å². The molecule has 0 bridgehead atoms. The number of rotatable bonds is 1. The summed E-state index contributed by atoms with van der Waals surface area (Å²) in [6, 6.07) is 4.74. The number of hydrogen-bond acceptors (Lipinski definition) is 3. The Hall–Kier alpha value is -1.26. The molecule has 3 rings (SSSR count). The van der Waals surface area contributed by atoms with E-state index < -0.39 is 6.10 Å². The lowest BCUT2D eigenvalue weighted by Crippen LogP contribution is -2.06. The molecule has 0 saturated heterocycles. The van der Waals surface area contributed by atoms with E-state index in [9.17, 15) is 9.50 Å². The fourth-order valence-corrected chi connectivity index (χ4v) is 3.55. The van der Waals surface area contributed by atoms with Gasteiger partial charge in [-0.15, -0.1) is 11.3 Å². The quantitative estimate of drug-likeness (QED) is 0.852. The highest BCUT2D eigenvalue weighted by molar-refractivity contribution is 7.15. The molecule has 0 fully saturated rings. The van der Waals surface area contributed by atoms with Crippen LogP contribution >= 0.6 is 11.3 Å². The van der Waals surface area contributed by atoms with Crippen molar-refractivity contribution >= 4 is 11.3 Å². The number of aliphatic hydroxyl groups is 1. The van der Waals surface area contributed by atoms with Crippen LogP contribution in [-0.2, 0) is 6.42 Å². The number of aryl methyl sites for hydroxylation is 2. The normalized spacial score (nSPS) is 18.7. The highest BCUT2D eigenvalue weighted by Crippen LogP contribution is 2.38. The number of nitrogens with zero attached hydrogens (tertiary/aromatic N) is 1. The SMILES string of the molecule is Cc1ccc(F)cc1-c1nc2c(s1)C(O)CCC2. The molecular formula is C14H14FNOS. The van der Waals surface area contributed by atoms with Gasteiger partial charge in [-0.05, 0) is 43.9 Å². The summed E-state index contributed by atoms with van der Waals surface area (Å²) in [7, 11) is 0. The van der Waals surface area contributed by atoms with Crippen LogP contribution in [0.2, 0.25) is 0 Å². The Labute approximate surface area is 109 Å². The molecule has 1 unspecified atom stereocenters. The Bertz CT molecular complexity index is 593. The predicted molar refractivity (Wildman–Crippen MR) is 70.1 cm³/mol. The number of hydrogen-bond donors (Lipinski definition) is 1. The van der Waals surface area contributed by atoms with Crippen LogP contribution in [0, 0.1) is 12.7 Å². The molecule has 4 heteroatoms. The first kappa shape index (κ1) is 11.8. The zero-order chi connectivity index (χ0) is 12.7. The van der Waals surface area contributed by atoms with E-state index in [1.807, 2.05) is 6.92 Å². The number of fused-ring (bicyclic) bond motifs is 1. The Morgan fingerprint density at radius 1 is 1.44 bits per heavy atom. The third-order valence-electron chi connectivity index (χ3n) is 3.35. The molecule has 0 saturated carbocycles. The predicted octanol–water partition coefficient (Wildman–Crippen LogP) is 3.63. The van der Waals surface area contributed by atoms with Crippen LogP contribution < -0.4 is 0 Å². The maximum Gasteiger partial charge on any atom is 0.124 e. The van der Waals surface area contributed by atoms with Gasteiger partial charge in [0.1, 0.15) is 10.8 Å². The average Bonchev–Trinajstić information content (AvgIpc) is 2.77. The molecule has 1 heterocycles. The van der Waals surface area contributed by atoms with E-state index >= 15 is 0 Å². The average molecular weight is 263 g/mol. The molecular weight excluding hydrogens is 249 g/mol. The van der Waals surface area contributed by atoms with E-state index in [-0.39, 0.29) is 5.82 Å². The van der Waals surface area contributed by atoms with Crippen LogP contribution in [0.3, 0.4) is 0 Å². The van der Waals surface area contributed by atoms with Gasteiger partial charge in [0.05, 0.1) is 16.7 Å². The van der Waals surface area contributed by atoms with Gasteiger partial charge in [0.25, 0.3) is 0 Å². The van der Waals surface area contributed by atoms with Gasteiger partial charge in [0, 0.05) is 5.56 Å². The van der Waals surface area contributed by atoms with E-state index in [0.29, 0.717) is 0 Å². The Balaban J connectivity index is 2.10. The van der Waals surface area contributed by atoms with Gasteiger partial charge in [-0.1, -0.05) is 6.07 Å². The smallest absolute Gasteiger partial charge is 0.124 e. The van der Waals surface area contributed by atoms with Crippen molar-refractivity contribution in [1.29, 1.82) is 0 Å². The van der Waals surface area contributed by atoms with E-state index in [4.69, 9.17) is 0 Å². The highest BCUT2D eigenvalue weighted by Gasteiger charge is 2.23. The van der Waals surface area contributed by atoms with Crippen LogP contribution in [0.1, 0.15) is 35.1 Å². The topological polar surface area (TPSA) is 33.1 Å². The molecule has 94 valence electrons. The van der Waals surface area contributed by atoms with Crippen molar-refractivity contribution in [3.05, 3.63) is 40.2 Å². The first-order valence-electron chi connectivity index (χ1n) is 6.09.